The summed E-state index contributed by atoms with van der Waals surface area (Å²) in [4.78, 5) is 2.42. The first-order valence-electron chi connectivity index (χ1n) is 7.88. The van der Waals surface area contributed by atoms with E-state index in [-0.39, 0.29) is 17.4 Å². The molecule has 0 aromatic heterocycles. The maximum absolute atomic E-state index is 14.6. The molecular weight excluding hydrogens is 331 g/mol. The fourth-order valence-electron chi connectivity index (χ4n) is 3.17. The van der Waals surface area contributed by atoms with Crippen molar-refractivity contribution in [3.63, 3.8) is 0 Å². The van der Waals surface area contributed by atoms with Gasteiger partial charge in [0.1, 0.15) is 5.82 Å². The zero-order valence-corrected chi connectivity index (χ0v) is 15.4. The number of likely N-dealkylation sites (N-methyl/N-ethyl adjacent to an activating group) is 2. The van der Waals surface area contributed by atoms with Gasteiger partial charge >= 0.3 is 0 Å². The minimum absolute atomic E-state index is 0.0371. The summed E-state index contributed by atoms with van der Waals surface area (Å²) in [5.74, 6) is -0.157. The molecule has 0 aliphatic heterocycles. The third kappa shape index (κ3) is 3.85. The van der Waals surface area contributed by atoms with E-state index in [0.29, 0.717) is 4.47 Å². The second kappa shape index (κ2) is 8.25. The Labute approximate surface area is 137 Å². The van der Waals surface area contributed by atoms with Gasteiger partial charge in [-0.05, 0) is 55.0 Å². The third-order valence-electron chi connectivity index (χ3n) is 4.52. The van der Waals surface area contributed by atoms with Crippen LogP contribution in [0.2, 0.25) is 0 Å². The van der Waals surface area contributed by atoms with E-state index in [4.69, 9.17) is 0 Å². The second-order valence-corrected chi connectivity index (χ2v) is 6.37. The monoisotopic (exact) mass is 358 g/mol. The first-order chi connectivity index (χ1) is 9.96. The van der Waals surface area contributed by atoms with Gasteiger partial charge in [-0.2, -0.15) is 0 Å². The van der Waals surface area contributed by atoms with Gasteiger partial charge in [0.15, 0.2) is 0 Å². The summed E-state index contributed by atoms with van der Waals surface area (Å²) in [7, 11) is 0. The highest BCUT2D eigenvalue weighted by Crippen LogP contribution is 2.36. The van der Waals surface area contributed by atoms with E-state index < -0.39 is 0 Å². The summed E-state index contributed by atoms with van der Waals surface area (Å²) in [6.45, 7) is 13.5. The summed E-state index contributed by atoms with van der Waals surface area (Å²) in [5, 5.41) is 3.51. The number of rotatable bonds is 8. The Bertz CT molecular complexity index is 448. The minimum atomic E-state index is -0.157. The van der Waals surface area contributed by atoms with Gasteiger partial charge in [0.05, 0.1) is 10.5 Å². The van der Waals surface area contributed by atoms with Gasteiger partial charge in [0.25, 0.3) is 0 Å². The molecule has 4 heteroatoms. The number of hydrogen-bond donors (Lipinski definition) is 1. The van der Waals surface area contributed by atoms with Crippen LogP contribution in [0.15, 0.2) is 22.7 Å². The third-order valence-corrected chi connectivity index (χ3v) is 5.14. The summed E-state index contributed by atoms with van der Waals surface area (Å²) in [5.41, 5.74) is 0.615. The van der Waals surface area contributed by atoms with Crippen LogP contribution in [0, 0.1) is 5.82 Å². The lowest BCUT2D eigenvalue weighted by atomic mass is 9.82. The molecule has 0 heterocycles. The predicted molar refractivity (Wildman–Crippen MR) is 92.1 cm³/mol. The lowest BCUT2D eigenvalue weighted by Crippen LogP contribution is -2.54. The summed E-state index contributed by atoms with van der Waals surface area (Å²) < 4.78 is 15.1. The molecule has 1 rings (SSSR count). The fraction of sp³-hybridized carbons (Fsp3) is 0.647. The quantitative estimate of drug-likeness (QED) is 0.721. The largest absolute Gasteiger partial charge is 0.309 e. The zero-order chi connectivity index (χ0) is 16.0. The number of benzene rings is 1. The van der Waals surface area contributed by atoms with Gasteiger partial charge in [0.2, 0.25) is 0 Å². The first kappa shape index (κ1) is 18.6. The van der Waals surface area contributed by atoms with Crippen molar-refractivity contribution in [2.45, 2.75) is 52.6 Å². The summed E-state index contributed by atoms with van der Waals surface area (Å²) >= 11 is 3.31. The van der Waals surface area contributed by atoms with Crippen molar-refractivity contribution in [1.82, 2.24) is 10.2 Å². The van der Waals surface area contributed by atoms with E-state index in [1.165, 1.54) is 0 Å². The van der Waals surface area contributed by atoms with Crippen molar-refractivity contribution in [1.29, 1.82) is 0 Å². The van der Waals surface area contributed by atoms with Crippen LogP contribution in [-0.4, -0.2) is 30.1 Å². The maximum Gasteiger partial charge on any atom is 0.142 e. The SMILES string of the molecule is CCNC(c1cccc(Br)c1F)C(C)(CC)N(CC)CC. The molecule has 0 saturated heterocycles. The van der Waals surface area contributed by atoms with Gasteiger partial charge < -0.3 is 5.32 Å². The van der Waals surface area contributed by atoms with Crippen LogP contribution in [0.5, 0.6) is 0 Å². The normalized spacial score (nSPS) is 16.0. The molecule has 1 aromatic carbocycles. The van der Waals surface area contributed by atoms with E-state index in [9.17, 15) is 4.39 Å². The molecule has 0 fully saturated rings. The van der Waals surface area contributed by atoms with Crippen LogP contribution < -0.4 is 5.32 Å². The van der Waals surface area contributed by atoms with Crippen LogP contribution in [0.1, 0.15) is 52.6 Å². The molecule has 1 N–H and O–H groups in total. The van der Waals surface area contributed by atoms with Gasteiger partial charge in [-0.1, -0.05) is 39.8 Å². The second-order valence-electron chi connectivity index (χ2n) is 5.52. The number of hydrogen-bond acceptors (Lipinski definition) is 2. The van der Waals surface area contributed by atoms with Crippen molar-refractivity contribution in [3.8, 4) is 0 Å². The van der Waals surface area contributed by atoms with Crippen LogP contribution >= 0.6 is 15.9 Å². The molecule has 2 atom stereocenters. The standard InChI is InChI=1S/C17H28BrFN2/c1-6-17(5,21(8-3)9-4)16(20-7-2)13-11-10-12-14(18)15(13)19/h10-12,16,20H,6-9H2,1-5H3. The number of halogens is 2. The van der Waals surface area contributed by atoms with Crippen LogP contribution in [-0.2, 0) is 0 Å². The first-order valence-corrected chi connectivity index (χ1v) is 8.67. The molecule has 0 saturated carbocycles. The Morgan fingerprint density at radius 3 is 2.33 bits per heavy atom. The summed E-state index contributed by atoms with van der Waals surface area (Å²) in [6, 6.07) is 5.52. The Kier molecular flexibility index (Phi) is 7.31. The molecule has 0 aliphatic rings. The molecule has 120 valence electrons. The highest BCUT2D eigenvalue weighted by molar-refractivity contribution is 9.10. The molecule has 0 aliphatic carbocycles. The molecule has 2 nitrogen and oxygen atoms in total. The smallest absolute Gasteiger partial charge is 0.142 e. The molecule has 21 heavy (non-hydrogen) atoms. The lowest BCUT2D eigenvalue weighted by molar-refractivity contribution is 0.0690. The van der Waals surface area contributed by atoms with Crippen molar-refractivity contribution in [3.05, 3.63) is 34.1 Å². The predicted octanol–water partition coefficient (Wildman–Crippen LogP) is 4.75. The molecule has 0 radical (unpaired) electrons. The van der Waals surface area contributed by atoms with Crippen LogP contribution in [0.25, 0.3) is 0 Å². The maximum atomic E-state index is 14.6. The van der Waals surface area contributed by atoms with E-state index in [1.807, 2.05) is 12.1 Å². The molecule has 0 amide bonds. The highest BCUT2D eigenvalue weighted by Gasteiger charge is 2.38. The Hall–Kier alpha value is -0.450. The van der Waals surface area contributed by atoms with Gasteiger partial charge in [-0.15, -0.1) is 0 Å². The van der Waals surface area contributed by atoms with Crippen molar-refractivity contribution < 1.29 is 4.39 Å². The summed E-state index contributed by atoms with van der Waals surface area (Å²) in [6.07, 6.45) is 0.957. The van der Waals surface area contributed by atoms with Crippen LogP contribution in [0.3, 0.4) is 0 Å². The van der Waals surface area contributed by atoms with Crippen molar-refractivity contribution in [2.75, 3.05) is 19.6 Å². The molecular formula is C17H28BrFN2. The van der Waals surface area contributed by atoms with Gasteiger partial charge in [-0.25, -0.2) is 4.39 Å². The van der Waals surface area contributed by atoms with Crippen LogP contribution in [0.4, 0.5) is 4.39 Å². The Balaban J connectivity index is 3.35. The van der Waals surface area contributed by atoms with E-state index in [2.05, 4.69) is 60.8 Å². The Morgan fingerprint density at radius 2 is 1.86 bits per heavy atom. The molecule has 2 unspecified atom stereocenters. The zero-order valence-electron chi connectivity index (χ0n) is 13.8. The van der Waals surface area contributed by atoms with Gasteiger partial charge in [0, 0.05) is 11.1 Å². The van der Waals surface area contributed by atoms with Crippen molar-refractivity contribution in [2.24, 2.45) is 0 Å². The van der Waals surface area contributed by atoms with E-state index in [0.717, 1.165) is 31.6 Å². The lowest BCUT2D eigenvalue weighted by Gasteiger charge is -2.46. The molecule has 0 spiro atoms. The highest BCUT2D eigenvalue weighted by atomic mass is 79.9. The molecule has 1 aromatic rings. The molecule has 0 bridgehead atoms. The minimum Gasteiger partial charge on any atom is -0.309 e. The number of nitrogens with one attached hydrogen (secondary N) is 1. The topological polar surface area (TPSA) is 15.3 Å². The fourth-order valence-corrected chi connectivity index (χ4v) is 3.55. The number of nitrogens with zero attached hydrogens (tertiary/aromatic N) is 1. The van der Waals surface area contributed by atoms with E-state index in [1.54, 1.807) is 6.07 Å². The van der Waals surface area contributed by atoms with Gasteiger partial charge in [-0.3, -0.25) is 4.90 Å². The van der Waals surface area contributed by atoms with Crippen molar-refractivity contribution >= 4 is 15.9 Å². The Morgan fingerprint density at radius 1 is 1.24 bits per heavy atom. The van der Waals surface area contributed by atoms with E-state index >= 15 is 0 Å². The average molecular weight is 359 g/mol. The average Bonchev–Trinajstić information content (AvgIpc) is 2.49.